The number of benzene rings is 4. The lowest BCUT2D eigenvalue weighted by Crippen LogP contribution is -2.56. The highest BCUT2D eigenvalue weighted by atomic mass is 16.6. The van der Waals surface area contributed by atoms with E-state index < -0.39 is 12.7 Å². The van der Waals surface area contributed by atoms with Gasteiger partial charge in [0.25, 0.3) is 0 Å². The maximum atomic E-state index is 6.99. The van der Waals surface area contributed by atoms with E-state index in [2.05, 4.69) is 110 Å². The molecule has 158 valence electrons. The van der Waals surface area contributed by atoms with Crippen molar-refractivity contribution < 1.29 is 9.31 Å². The summed E-state index contributed by atoms with van der Waals surface area (Å²) in [5.74, 6) is 0.0902. The van der Waals surface area contributed by atoms with E-state index in [1.165, 1.54) is 16.7 Å². The summed E-state index contributed by atoms with van der Waals surface area (Å²) < 4.78 is 13.7. The highest BCUT2D eigenvalue weighted by molar-refractivity contribution is 6.61. The summed E-state index contributed by atoms with van der Waals surface area (Å²) in [7, 11) is -0.457. The molecule has 0 N–H and O–H groups in total. The zero-order valence-electron chi connectivity index (χ0n) is 18.3. The second kappa shape index (κ2) is 9.16. The smallest absolute Gasteiger partial charge is 0.400 e. The fourth-order valence-corrected chi connectivity index (χ4v) is 4.84. The summed E-state index contributed by atoms with van der Waals surface area (Å²) in [6.45, 7) is 2.26. The maximum Gasteiger partial charge on any atom is 0.495 e. The van der Waals surface area contributed by atoms with E-state index in [1.807, 2.05) is 18.2 Å². The topological polar surface area (TPSA) is 18.5 Å². The van der Waals surface area contributed by atoms with Gasteiger partial charge in [-0.15, -0.1) is 0 Å². The van der Waals surface area contributed by atoms with E-state index in [-0.39, 0.29) is 12.0 Å². The van der Waals surface area contributed by atoms with Gasteiger partial charge in [0.05, 0.1) is 11.7 Å². The minimum Gasteiger partial charge on any atom is -0.400 e. The molecule has 2 nitrogen and oxygen atoms in total. The number of rotatable bonds is 5. The van der Waals surface area contributed by atoms with Gasteiger partial charge in [0.2, 0.25) is 0 Å². The lowest BCUT2D eigenvalue weighted by Gasteiger charge is -2.50. The summed E-state index contributed by atoms with van der Waals surface area (Å²) >= 11 is 0. The van der Waals surface area contributed by atoms with Crippen molar-refractivity contribution in [3.8, 4) is 0 Å². The first kappa shape index (κ1) is 20.8. The Hall–Kier alpha value is -3.14. The first-order chi connectivity index (χ1) is 15.8. The van der Waals surface area contributed by atoms with Crippen LogP contribution in [0.5, 0.6) is 0 Å². The van der Waals surface area contributed by atoms with Crippen LogP contribution in [0.3, 0.4) is 0 Å². The molecule has 0 spiro atoms. The van der Waals surface area contributed by atoms with Crippen molar-refractivity contribution in [2.24, 2.45) is 5.92 Å². The Labute approximate surface area is 191 Å². The molecule has 0 aliphatic carbocycles. The molecule has 1 heterocycles. The van der Waals surface area contributed by atoms with Crippen LogP contribution in [-0.2, 0) is 21.3 Å². The third kappa shape index (κ3) is 4.02. The Morgan fingerprint density at radius 2 is 1.22 bits per heavy atom. The summed E-state index contributed by atoms with van der Waals surface area (Å²) in [6, 6.07) is 42.1. The normalized spacial score (nSPS) is 23.1. The molecule has 0 saturated carbocycles. The van der Waals surface area contributed by atoms with Gasteiger partial charge in [-0.3, -0.25) is 0 Å². The van der Waals surface area contributed by atoms with E-state index in [0.717, 1.165) is 11.9 Å². The summed E-state index contributed by atoms with van der Waals surface area (Å²) in [5, 5.41) is 0. The molecule has 0 radical (unpaired) electrons. The zero-order valence-corrected chi connectivity index (χ0v) is 18.3. The van der Waals surface area contributed by atoms with Crippen molar-refractivity contribution in [2.75, 3.05) is 0 Å². The zero-order chi connectivity index (χ0) is 21.8. The molecular formula is C29H27BO2. The minimum atomic E-state index is -0.540. The second-order valence-corrected chi connectivity index (χ2v) is 8.53. The quantitative estimate of drug-likeness (QED) is 0.373. The fraction of sp³-hybridized carbons (Fsp3) is 0.172. The molecule has 0 amide bonds. The Kier molecular flexibility index (Phi) is 5.94. The van der Waals surface area contributed by atoms with Crippen LogP contribution in [0.4, 0.5) is 0 Å². The molecule has 0 bridgehead atoms. The molecule has 0 aromatic heterocycles. The molecule has 1 aliphatic rings. The molecule has 3 heteroatoms. The predicted molar refractivity (Wildman–Crippen MR) is 131 cm³/mol. The number of hydrogen-bond acceptors (Lipinski definition) is 2. The van der Waals surface area contributed by atoms with Gasteiger partial charge in [0.15, 0.2) is 0 Å². The predicted octanol–water partition coefficient (Wildman–Crippen LogP) is 5.94. The van der Waals surface area contributed by atoms with Crippen LogP contribution in [0.25, 0.3) is 0 Å². The molecule has 1 aliphatic heterocycles. The van der Waals surface area contributed by atoms with Gasteiger partial charge in [-0.2, -0.15) is 0 Å². The van der Waals surface area contributed by atoms with Crippen molar-refractivity contribution in [3.63, 3.8) is 0 Å². The highest BCUT2D eigenvalue weighted by Gasteiger charge is 2.51. The third-order valence-electron chi connectivity index (χ3n) is 6.55. The van der Waals surface area contributed by atoms with E-state index in [4.69, 9.17) is 9.31 Å². The molecular weight excluding hydrogens is 391 g/mol. The van der Waals surface area contributed by atoms with Gasteiger partial charge in [0.1, 0.15) is 0 Å². The first-order valence-electron chi connectivity index (χ1n) is 11.3. The van der Waals surface area contributed by atoms with Crippen LogP contribution in [0.1, 0.15) is 29.7 Å². The van der Waals surface area contributed by atoms with Gasteiger partial charge in [-0.05, 0) is 22.2 Å². The van der Waals surface area contributed by atoms with Gasteiger partial charge >= 0.3 is 7.12 Å². The van der Waals surface area contributed by atoms with Crippen LogP contribution < -0.4 is 5.46 Å². The van der Waals surface area contributed by atoms with Gasteiger partial charge in [-0.25, -0.2) is 0 Å². The van der Waals surface area contributed by atoms with Crippen LogP contribution in [0.15, 0.2) is 121 Å². The Bertz CT molecular complexity index is 1120. The molecule has 1 fully saturated rings. The Morgan fingerprint density at radius 1 is 0.688 bits per heavy atom. The lowest BCUT2D eigenvalue weighted by molar-refractivity contribution is -0.108. The van der Waals surface area contributed by atoms with Crippen LogP contribution in [0, 0.1) is 5.92 Å². The van der Waals surface area contributed by atoms with Crippen LogP contribution in [-0.4, -0.2) is 7.12 Å². The van der Waals surface area contributed by atoms with Gasteiger partial charge in [0, 0.05) is 12.3 Å². The Balaban J connectivity index is 1.66. The van der Waals surface area contributed by atoms with Crippen LogP contribution in [0.2, 0.25) is 0 Å². The van der Waals surface area contributed by atoms with Gasteiger partial charge in [-0.1, -0.05) is 128 Å². The van der Waals surface area contributed by atoms with E-state index in [0.29, 0.717) is 0 Å². The molecule has 5 rings (SSSR count). The van der Waals surface area contributed by atoms with E-state index >= 15 is 0 Å². The molecule has 1 saturated heterocycles. The molecule has 4 aromatic rings. The molecule has 3 atom stereocenters. The second-order valence-electron chi connectivity index (χ2n) is 8.53. The molecule has 4 aromatic carbocycles. The maximum absolute atomic E-state index is 6.99. The summed E-state index contributed by atoms with van der Waals surface area (Å²) in [4.78, 5) is 0. The highest BCUT2D eigenvalue weighted by Crippen LogP contribution is 2.48. The summed E-state index contributed by atoms with van der Waals surface area (Å²) in [5.41, 5.74) is 4.11. The first-order valence-corrected chi connectivity index (χ1v) is 11.3. The monoisotopic (exact) mass is 418 g/mol. The lowest BCUT2D eigenvalue weighted by atomic mass is 9.66. The van der Waals surface area contributed by atoms with Crippen molar-refractivity contribution in [1.82, 2.24) is 0 Å². The largest absolute Gasteiger partial charge is 0.495 e. The standard InChI is InChI=1S/C29H27BO2/c1-23-28(25-16-8-3-9-17-25)31-30(27-20-12-5-13-21-27)32-29(23,26-18-10-4-11-19-26)22-24-14-6-2-7-15-24/h2-21,23,28H,22H2,1H3/t23-,28-,29+/m0/s1. The minimum absolute atomic E-state index is 0.0902. The van der Waals surface area contributed by atoms with Crippen molar-refractivity contribution in [3.05, 3.63) is 138 Å². The van der Waals surface area contributed by atoms with E-state index in [9.17, 15) is 0 Å². The van der Waals surface area contributed by atoms with Gasteiger partial charge < -0.3 is 9.31 Å². The van der Waals surface area contributed by atoms with Crippen molar-refractivity contribution in [2.45, 2.75) is 25.0 Å². The number of hydrogen-bond donors (Lipinski definition) is 0. The van der Waals surface area contributed by atoms with Crippen molar-refractivity contribution in [1.29, 1.82) is 0 Å². The molecule has 32 heavy (non-hydrogen) atoms. The van der Waals surface area contributed by atoms with Crippen molar-refractivity contribution >= 4 is 12.6 Å². The SMILES string of the molecule is C[C@H]1[C@@H](c2ccccc2)OB(c2ccccc2)O[C@@]1(Cc1ccccc1)c1ccccc1. The third-order valence-corrected chi connectivity index (χ3v) is 6.55. The van der Waals surface area contributed by atoms with Crippen LogP contribution >= 0.6 is 0 Å². The average Bonchev–Trinajstić information content (AvgIpc) is 2.87. The summed E-state index contributed by atoms with van der Waals surface area (Å²) in [6.07, 6.45) is 0.675. The average molecular weight is 418 g/mol. The Morgan fingerprint density at radius 3 is 1.84 bits per heavy atom. The van der Waals surface area contributed by atoms with E-state index in [1.54, 1.807) is 0 Å². The fourth-order valence-electron chi connectivity index (χ4n) is 4.84. The molecule has 0 unspecified atom stereocenters.